The lowest BCUT2D eigenvalue weighted by Gasteiger charge is -2.08. The highest BCUT2D eigenvalue weighted by Crippen LogP contribution is 2.65. The zero-order valence-electron chi connectivity index (χ0n) is 12.7. The molecule has 7 heteroatoms. The molecule has 1 fully saturated rings. The maximum Gasteiger partial charge on any atom is 0.271 e. The van der Waals surface area contributed by atoms with Crippen LogP contribution in [0.2, 0.25) is 0 Å². The zero-order chi connectivity index (χ0) is 17.5. The molecule has 0 unspecified atom stereocenters. The normalized spacial score (nSPS) is 21.1. The Bertz CT molecular complexity index is 809. The molecule has 2 atom stereocenters. The van der Waals surface area contributed by atoms with Gasteiger partial charge in [-0.05, 0) is 18.1 Å². The Balaban J connectivity index is 1.81. The molecular formula is C17H14Cl2N2O3. The summed E-state index contributed by atoms with van der Waals surface area (Å²) in [4.78, 5) is 22.9. The quantitative estimate of drug-likeness (QED) is 0.495. The molecular weight excluding hydrogens is 351 g/mol. The van der Waals surface area contributed by atoms with Crippen LogP contribution in [0.5, 0.6) is 0 Å². The van der Waals surface area contributed by atoms with Crippen LogP contribution >= 0.6 is 23.2 Å². The second-order valence-corrected chi connectivity index (χ2v) is 7.23. The molecule has 0 aliphatic heterocycles. The fourth-order valence-corrected chi connectivity index (χ4v) is 3.62. The molecule has 2 aromatic rings. The van der Waals surface area contributed by atoms with Crippen LogP contribution in [0, 0.1) is 23.0 Å². The molecule has 1 amide bonds. The van der Waals surface area contributed by atoms with Crippen molar-refractivity contribution in [1.82, 2.24) is 0 Å². The first-order chi connectivity index (χ1) is 11.3. The van der Waals surface area contributed by atoms with Crippen molar-refractivity contribution in [2.75, 3.05) is 5.32 Å². The molecule has 0 heterocycles. The lowest BCUT2D eigenvalue weighted by molar-refractivity contribution is -0.384. The zero-order valence-corrected chi connectivity index (χ0v) is 14.2. The summed E-state index contributed by atoms with van der Waals surface area (Å²) < 4.78 is -1.18. The Morgan fingerprint density at radius 1 is 1.21 bits per heavy atom. The molecule has 1 saturated carbocycles. The predicted molar refractivity (Wildman–Crippen MR) is 93.6 cm³/mol. The number of benzene rings is 2. The number of rotatable bonds is 4. The number of amides is 1. The Labute approximate surface area is 148 Å². The fourth-order valence-electron chi connectivity index (χ4n) is 2.80. The molecule has 1 aliphatic carbocycles. The minimum Gasteiger partial charge on any atom is -0.325 e. The van der Waals surface area contributed by atoms with Crippen LogP contribution in [0.3, 0.4) is 0 Å². The van der Waals surface area contributed by atoms with Crippen LogP contribution in [0.1, 0.15) is 17.0 Å². The van der Waals surface area contributed by atoms with Crippen molar-refractivity contribution in [3.8, 4) is 0 Å². The Morgan fingerprint density at radius 2 is 1.88 bits per heavy atom. The number of alkyl halides is 2. The summed E-state index contributed by atoms with van der Waals surface area (Å²) in [7, 11) is 0. The SMILES string of the molecule is Cc1ccc([N+](=O)[O-])cc1NC(=O)[C@@H]1[C@@H](c2ccccc2)C1(Cl)Cl. The van der Waals surface area contributed by atoms with Gasteiger partial charge in [0.1, 0.15) is 4.33 Å². The van der Waals surface area contributed by atoms with E-state index in [0.29, 0.717) is 5.69 Å². The van der Waals surface area contributed by atoms with Crippen molar-refractivity contribution in [2.24, 2.45) is 5.92 Å². The Morgan fingerprint density at radius 3 is 2.50 bits per heavy atom. The van der Waals surface area contributed by atoms with Crippen LogP contribution in [0.15, 0.2) is 48.5 Å². The summed E-state index contributed by atoms with van der Waals surface area (Å²) in [6.07, 6.45) is 0. The van der Waals surface area contributed by atoms with E-state index in [1.54, 1.807) is 13.0 Å². The van der Waals surface area contributed by atoms with E-state index in [1.807, 2.05) is 30.3 Å². The number of nitrogens with one attached hydrogen (secondary N) is 1. The van der Waals surface area contributed by atoms with Crippen molar-refractivity contribution >= 4 is 40.5 Å². The van der Waals surface area contributed by atoms with Gasteiger partial charge in [-0.3, -0.25) is 14.9 Å². The minimum atomic E-state index is -1.18. The molecule has 1 N–H and O–H groups in total. The molecule has 0 saturated heterocycles. The average Bonchev–Trinajstić information content (AvgIpc) is 3.12. The van der Waals surface area contributed by atoms with Crippen molar-refractivity contribution in [2.45, 2.75) is 17.2 Å². The average molecular weight is 365 g/mol. The van der Waals surface area contributed by atoms with E-state index in [9.17, 15) is 14.9 Å². The van der Waals surface area contributed by atoms with Gasteiger partial charge in [-0.1, -0.05) is 36.4 Å². The van der Waals surface area contributed by atoms with Crippen LogP contribution < -0.4 is 5.32 Å². The van der Waals surface area contributed by atoms with E-state index in [1.165, 1.54) is 12.1 Å². The molecule has 1 aliphatic rings. The predicted octanol–water partition coefficient (Wildman–Crippen LogP) is 4.43. The summed E-state index contributed by atoms with van der Waals surface area (Å²) >= 11 is 12.6. The van der Waals surface area contributed by atoms with E-state index >= 15 is 0 Å². The molecule has 0 spiro atoms. The molecule has 124 valence electrons. The van der Waals surface area contributed by atoms with Gasteiger partial charge < -0.3 is 5.32 Å². The van der Waals surface area contributed by atoms with Crippen LogP contribution in [0.4, 0.5) is 11.4 Å². The van der Waals surface area contributed by atoms with Gasteiger partial charge in [-0.25, -0.2) is 0 Å². The number of hydrogen-bond acceptors (Lipinski definition) is 3. The highest BCUT2D eigenvalue weighted by atomic mass is 35.5. The second-order valence-electron chi connectivity index (χ2n) is 5.79. The minimum absolute atomic E-state index is 0.0886. The van der Waals surface area contributed by atoms with Crippen LogP contribution in [-0.2, 0) is 4.79 Å². The standard InChI is InChI=1S/C17H14Cl2N2O3/c1-10-7-8-12(21(23)24)9-13(10)20-16(22)15-14(17(15,18)19)11-5-3-2-4-6-11/h2-9,14-15H,1H3,(H,20,22)/t14-,15+/m1/s1. The fraction of sp³-hybridized carbons (Fsp3) is 0.235. The summed E-state index contributed by atoms with van der Waals surface area (Å²) in [6.45, 7) is 1.76. The van der Waals surface area contributed by atoms with Gasteiger partial charge in [0, 0.05) is 18.1 Å². The summed E-state index contributed by atoms with van der Waals surface area (Å²) in [6, 6.07) is 13.6. The van der Waals surface area contributed by atoms with Crippen molar-refractivity contribution in [1.29, 1.82) is 0 Å². The van der Waals surface area contributed by atoms with Gasteiger partial charge in [0.15, 0.2) is 0 Å². The van der Waals surface area contributed by atoms with E-state index in [4.69, 9.17) is 23.2 Å². The molecule has 2 aromatic carbocycles. The second kappa shape index (κ2) is 6.07. The van der Waals surface area contributed by atoms with Crippen molar-refractivity contribution in [3.05, 3.63) is 69.8 Å². The van der Waals surface area contributed by atoms with Gasteiger partial charge >= 0.3 is 0 Å². The number of nitrogens with zero attached hydrogens (tertiary/aromatic N) is 1. The van der Waals surface area contributed by atoms with Gasteiger partial charge in [0.05, 0.1) is 16.5 Å². The van der Waals surface area contributed by atoms with Gasteiger partial charge in [-0.15, -0.1) is 23.2 Å². The lowest BCUT2D eigenvalue weighted by atomic mass is 10.1. The number of halogens is 2. The lowest BCUT2D eigenvalue weighted by Crippen LogP contribution is -2.17. The summed E-state index contributed by atoms with van der Waals surface area (Å²) in [5, 5.41) is 13.6. The Hall–Kier alpha value is -2.11. The van der Waals surface area contributed by atoms with E-state index in [0.717, 1.165) is 11.1 Å². The maximum absolute atomic E-state index is 12.6. The highest BCUT2D eigenvalue weighted by Gasteiger charge is 2.67. The Kier molecular flexibility index (Phi) is 4.24. The van der Waals surface area contributed by atoms with Crippen molar-refractivity contribution < 1.29 is 9.72 Å². The topological polar surface area (TPSA) is 72.2 Å². The molecule has 0 aromatic heterocycles. The first-order valence-electron chi connectivity index (χ1n) is 7.31. The number of aryl methyl sites for hydroxylation is 1. The van der Waals surface area contributed by atoms with Gasteiger partial charge in [0.25, 0.3) is 5.69 Å². The van der Waals surface area contributed by atoms with Crippen LogP contribution in [0.25, 0.3) is 0 Å². The molecule has 24 heavy (non-hydrogen) atoms. The number of carbonyl (C=O) groups excluding carboxylic acids is 1. The maximum atomic E-state index is 12.6. The van der Waals surface area contributed by atoms with E-state index < -0.39 is 15.2 Å². The van der Waals surface area contributed by atoms with E-state index in [-0.39, 0.29) is 17.5 Å². The molecule has 0 bridgehead atoms. The number of anilines is 1. The number of non-ortho nitro benzene ring substituents is 1. The summed E-state index contributed by atoms with van der Waals surface area (Å²) in [5.74, 6) is -1.26. The first kappa shape index (κ1) is 16.7. The highest BCUT2D eigenvalue weighted by molar-refractivity contribution is 6.53. The largest absolute Gasteiger partial charge is 0.325 e. The third-order valence-corrected chi connectivity index (χ3v) is 5.12. The first-order valence-corrected chi connectivity index (χ1v) is 8.06. The number of nitro groups is 1. The third kappa shape index (κ3) is 2.97. The van der Waals surface area contributed by atoms with Crippen LogP contribution in [-0.4, -0.2) is 15.2 Å². The number of hydrogen-bond donors (Lipinski definition) is 1. The van der Waals surface area contributed by atoms with Crippen molar-refractivity contribution in [3.63, 3.8) is 0 Å². The number of carbonyl (C=O) groups is 1. The van der Waals surface area contributed by atoms with Gasteiger partial charge in [-0.2, -0.15) is 0 Å². The smallest absolute Gasteiger partial charge is 0.271 e. The van der Waals surface area contributed by atoms with E-state index in [2.05, 4.69) is 5.32 Å². The number of nitro benzene ring substituents is 1. The molecule has 3 rings (SSSR count). The van der Waals surface area contributed by atoms with Gasteiger partial charge in [0.2, 0.25) is 5.91 Å². The molecule has 5 nitrogen and oxygen atoms in total. The summed E-state index contributed by atoms with van der Waals surface area (Å²) in [5.41, 5.74) is 1.91. The molecule has 0 radical (unpaired) electrons. The monoisotopic (exact) mass is 364 g/mol. The third-order valence-electron chi connectivity index (χ3n) is 4.18.